The highest BCUT2D eigenvalue weighted by Crippen LogP contribution is 2.17. The van der Waals surface area contributed by atoms with Crippen molar-refractivity contribution in [2.75, 3.05) is 10.6 Å². The molecule has 21 heavy (non-hydrogen) atoms. The maximum atomic E-state index is 13.5. The molecule has 0 heterocycles. The van der Waals surface area contributed by atoms with Crippen molar-refractivity contribution < 1.29 is 13.6 Å². The van der Waals surface area contributed by atoms with Crippen LogP contribution in [0, 0.1) is 11.6 Å². The van der Waals surface area contributed by atoms with Crippen LogP contribution in [0.1, 0.15) is 18.9 Å². The zero-order valence-corrected chi connectivity index (χ0v) is 11.6. The highest BCUT2D eigenvalue weighted by atomic mass is 19.1. The molecule has 0 saturated heterocycles. The molecule has 0 radical (unpaired) electrons. The van der Waals surface area contributed by atoms with Crippen LogP contribution in [0.3, 0.4) is 0 Å². The van der Waals surface area contributed by atoms with Crippen molar-refractivity contribution in [3.8, 4) is 0 Å². The highest BCUT2D eigenvalue weighted by Gasteiger charge is 2.04. The van der Waals surface area contributed by atoms with Crippen LogP contribution in [0.15, 0.2) is 42.5 Å². The van der Waals surface area contributed by atoms with Gasteiger partial charge in [-0.1, -0.05) is 19.1 Å². The SMILES string of the molecule is CCC(=O)Nc1cccc(NCc2ccc(F)cc2F)c1. The fraction of sp³-hybridized carbons (Fsp3) is 0.188. The van der Waals surface area contributed by atoms with Gasteiger partial charge in [0.2, 0.25) is 5.91 Å². The van der Waals surface area contributed by atoms with Gasteiger partial charge in [0.25, 0.3) is 0 Å². The average molecular weight is 290 g/mol. The molecule has 3 nitrogen and oxygen atoms in total. The number of nitrogens with one attached hydrogen (secondary N) is 2. The van der Waals surface area contributed by atoms with E-state index in [1.165, 1.54) is 12.1 Å². The minimum absolute atomic E-state index is 0.0725. The summed E-state index contributed by atoms with van der Waals surface area (Å²) in [5.74, 6) is -1.25. The van der Waals surface area contributed by atoms with E-state index in [0.717, 1.165) is 11.8 Å². The molecule has 2 N–H and O–H groups in total. The predicted octanol–water partition coefficient (Wildman–Crippen LogP) is 3.93. The van der Waals surface area contributed by atoms with Gasteiger partial charge in [-0.25, -0.2) is 8.78 Å². The van der Waals surface area contributed by atoms with Crippen LogP contribution in [-0.4, -0.2) is 5.91 Å². The monoisotopic (exact) mass is 290 g/mol. The van der Waals surface area contributed by atoms with E-state index in [-0.39, 0.29) is 12.5 Å². The molecule has 0 saturated carbocycles. The molecule has 1 amide bonds. The summed E-state index contributed by atoms with van der Waals surface area (Å²) in [5.41, 5.74) is 1.79. The van der Waals surface area contributed by atoms with Crippen LogP contribution in [0.25, 0.3) is 0 Å². The Bertz CT molecular complexity index is 644. The second kappa shape index (κ2) is 6.83. The summed E-state index contributed by atoms with van der Waals surface area (Å²) < 4.78 is 26.3. The Labute approximate surface area is 122 Å². The summed E-state index contributed by atoms with van der Waals surface area (Å²) in [6.07, 6.45) is 0.401. The second-order valence-electron chi connectivity index (χ2n) is 4.57. The van der Waals surface area contributed by atoms with Crippen molar-refractivity contribution in [2.24, 2.45) is 0 Å². The zero-order valence-electron chi connectivity index (χ0n) is 11.6. The molecule has 0 spiro atoms. The van der Waals surface area contributed by atoms with Crippen LogP contribution in [-0.2, 0) is 11.3 Å². The third-order valence-electron chi connectivity index (χ3n) is 2.97. The molecule has 2 aromatic rings. The first-order valence-electron chi connectivity index (χ1n) is 6.66. The maximum absolute atomic E-state index is 13.5. The van der Waals surface area contributed by atoms with Crippen LogP contribution < -0.4 is 10.6 Å². The smallest absolute Gasteiger partial charge is 0.224 e. The Morgan fingerprint density at radius 1 is 1.10 bits per heavy atom. The Kier molecular flexibility index (Phi) is 4.87. The van der Waals surface area contributed by atoms with Gasteiger partial charge in [-0.15, -0.1) is 0 Å². The summed E-state index contributed by atoms with van der Waals surface area (Å²) in [6.45, 7) is 2.01. The molecule has 110 valence electrons. The summed E-state index contributed by atoms with van der Waals surface area (Å²) in [4.78, 5) is 11.3. The van der Waals surface area contributed by atoms with Crippen LogP contribution >= 0.6 is 0 Å². The third kappa shape index (κ3) is 4.27. The van der Waals surface area contributed by atoms with Crippen molar-refractivity contribution >= 4 is 17.3 Å². The van der Waals surface area contributed by atoms with Crippen molar-refractivity contribution in [3.63, 3.8) is 0 Å². The van der Waals surface area contributed by atoms with Gasteiger partial charge in [-0.05, 0) is 24.3 Å². The number of amides is 1. The van der Waals surface area contributed by atoms with E-state index < -0.39 is 11.6 Å². The van der Waals surface area contributed by atoms with Crippen molar-refractivity contribution in [1.29, 1.82) is 0 Å². The standard InChI is InChI=1S/C16H16F2N2O/c1-2-16(21)20-14-5-3-4-13(9-14)19-10-11-6-7-12(17)8-15(11)18/h3-9,19H,2,10H2,1H3,(H,20,21). The number of carbonyl (C=O) groups excluding carboxylic acids is 1. The predicted molar refractivity (Wildman–Crippen MR) is 79.0 cm³/mol. The molecular weight excluding hydrogens is 274 g/mol. The van der Waals surface area contributed by atoms with Crippen molar-refractivity contribution in [1.82, 2.24) is 0 Å². The summed E-state index contributed by atoms with van der Waals surface area (Å²) in [5, 5.41) is 5.79. The number of hydrogen-bond acceptors (Lipinski definition) is 2. The lowest BCUT2D eigenvalue weighted by Gasteiger charge is -2.10. The van der Waals surface area contributed by atoms with Gasteiger partial charge in [0.1, 0.15) is 11.6 Å². The number of carbonyl (C=O) groups is 1. The fourth-order valence-electron chi connectivity index (χ4n) is 1.82. The van der Waals surface area contributed by atoms with Gasteiger partial charge in [-0.3, -0.25) is 4.79 Å². The molecule has 5 heteroatoms. The molecule has 0 bridgehead atoms. The molecule has 0 aromatic heterocycles. The lowest BCUT2D eigenvalue weighted by molar-refractivity contribution is -0.115. The average Bonchev–Trinajstić information content (AvgIpc) is 2.46. The number of hydrogen-bond donors (Lipinski definition) is 2. The Balaban J connectivity index is 2.03. The molecular formula is C16H16F2N2O. The minimum Gasteiger partial charge on any atom is -0.381 e. The Morgan fingerprint density at radius 2 is 1.86 bits per heavy atom. The number of halogens is 2. The summed E-state index contributed by atoms with van der Waals surface area (Å²) >= 11 is 0. The molecule has 0 aliphatic carbocycles. The van der Waals surface area contributed by atoms with Crippen LogP contribution in [0.2, 0.25) is 0 Å². The molecule has 0 fully saturated rings. The van der Waals surface area contributed by atoms with Crippen molar-refractivity contribution in [2.45, 2.75) is 19.9 Å². The Hall–Kier alpha value is -2.43. The van der Waals surface area contributed by atoms with E-state index in [0.29, 0.717) is 17.7 Å². The topological polar surface area (TPSA) is 41.1 Å². The Morgan fingerprint density at radius 3 is 2.57 bits per heavy atom. The molecule has 0 atom stereocenters. The summed E-state index contributed by atoms with van der Waals surface area (Å²) in [7, 11) is 0. The first-order chi connectivity index (χ1) is 10.1. The quantitative estimate of drug-likeness (QED) is 0.876. The van der Waals surface area contributed by atoms with Gasteiger partial charge in [0, 0.05) is 36.0 Å². The van der Waals surface area contributed by atoms with E-state index >= 15 is 0 Å². The van der Waals surface area contributed by atoms with E-state index in [4.69, 9.17) is 0 Å². The van der Waals surface area contributed by atoms with E-state index in [2.05, 4.69) is 10.6 Å². The molecule has 2 rings (SSSR count). The minimum atomic E-state index is -0.597. The molecule has 0 aliphatic heterocycles. The van der Waals surface area contributed by atoms with Gasteiger partial charge >= 0.3 is 0 Å². The number of anilines is 2. The molecule has 0 unspecified atom stereocenters. The zero-order chi connectivity index (χ0) is 15.2. The van der Waals surface area contributed by atoms with Crippen LogP contribution in [0.4, 0.5) is 20.2 Å². The first-order valence-corrected chi connectivity index (χ1v) is 6.66. The number of benzene rings is 2. The first kappa shape index (κ1) is 15.0. The lowest BCUT2D eigenvalue weighted by Crippen LogP contribution is -2.09. The highest BCUT2D eigenvalue weighted by molar-refractivity contribution is 5.90. The lowest BCUT2D eigenvalue weighted by atomic mass is 10.2. The van der Waals surface area contributed by atoms with Crippen molar-refractivity contribution in [3.05, 3.63) is 59.7 Å². The molecule has 2 aromatic carbocycles. The molecule has 0 aliphatic rings. The van der Waals surface area contributed by atoms with Gasteiger partial charge in [0.05, 0.1) is 0 Å². The van der Waals surface area contributed by atoms with Gasteiger partial charge in [0.15, 0.2) is 0 Å². The maximum Gasteiger partial charge on any atom is 0.224 e. The second-order valence-corrected chi connectivity index (χ2v) is 4.57. The normalized spacial score (nSPS) is 10.2. The van der Waals surface area contributed by atoms with Gasteiger partial charge < -0.3 is 10.6 Å². The van der Waals surface area contributed by atoms with E-state index in [9.17, 15) is 13.6 Å². The summed E-state index contributed by atoms with van der Waals surface area (Å²) in [6, 6.07) is 10.6. The fourth-order valence-corrected chi connectivity index (χ4v) is 1.82. The van der Waals surface area contributed by atoms with E-state index in [1.807, 2.05) is 6.07 Å². The van der Waals surface area contributed by atoms with Gasteiger partial charge in [-0.2, -0.15) is 0 Å². The number of rotatable bonds is 5. The third-order valence-corrected chi connectivity index (χ3v) is 2.97. The van der Waals surface area contributed by atoms with E-state index in [1.54, 1.807) is 25.1 Å². The largest absolute Gasteiger partial charge is 0.381 e. The van der Waals surface area contributed by atoms with Crippen LogP contribution in [0.5, 0.6) is 0 Å².